The van der Waals surface area contributed by atoms with Crippen LogP contribution in [-0.4, -0.2) is 41.0 Å². The van der Waals surface area contributed by atoms with Gasteiger partial charge in [0.15, 0.2) is 5.92 Å². The molecule has 128 valence electrons. The zero-order chi connectivity index (χ0) is 17.1. The average molecular weight is 332 g/mol. The SMILES string of the molecule is N[C@@H]1CCCC[C@@H]1N=C[C@@H]1C(=O)NC(=O)N(Cc2ccco2)C1=O. The fourth-order valence-corrected chi connectivity index (χ4v) is 2.99. The molecule has 0 radical (unpaired) electrons. The second kappa shape index (κ2) is 6.96. The molecule has 8 heteroatoms. The fourth-order valence-electron chi connectivity index (χ4n) is 2.99. The Bertz CT molecular complexity index is 655. The molecule has 0 unspecified atom stereocenters. The largest absolute Gasteiger partial charge is 0.467 e. The number of carbonyl (C=O) groups is 3. The van der Waals surface area contributed by atoms with E-state index in [1.807, 2.05) is 0 Å². The summed E-state index contributed by atoms with van der Waals surface area (Å²) in [5.74, 6) is -1.92. The maximum Gasteiger partial charge on any atom is 0.331 e. The van der Waals surface area contributed by atoms with Crippen LogP contribution in [0.3, 0.4) is 0 Å². The van der Waals surface area contributed by atoms with E-state index in [9.17, 15) is 14.4 Å². The Kier molecular flexibility index (Phi) is 4.75. The summed E-state index contributed by atoms with van der Waals surface area (Å²) >= 11 is 0. The minimum Gasteiger partial charge on any atom is -0.467 e. The third kappa shape index (κ3) is 3.38. The number of carbonyl (C=O) groups excluding carboxylic acids is 3. The van der Waals surface area contributed by atoms with Crippen molar-refractivity contribution in [3.8, 4) is 0 Å². The molecule has 2 heterocycles. The van der Waals surface area contributed by atoms with Crippen molar-refractivity contribution in [3.63, 3.8) is 0 Å². The molecule has 0 bridgehead atoms. The van der Waals surface area contributed by atoms with Crippen LogP contribution in [0.25, 0.3) is 0 Å². The topological polar surface area (TPSA) is 118 Å². The zero-order valence-electron chi connectivity index (χ0n) is 13.2. The van der Waals surface area contributed by atoms with Crippen molar-refractivity contribution in [3.05, 3.63) is 24.2 Å². The van der Waals surface area contributed by atoms with Crippen LogP contribution in [0, 0.1) is 5.92 Å². The number of nitrogens with one attached hydrogen (secondary N) is 1. The third-order valence-corrected chi connectivity index (χ3v) is 4.39. The van der Waals surface area contributed by atoms with E-state index < -0.39 is 23.8 Å². The van der Waals surface area contributed by atoms with Gasteiger partial charge in [-0.15, -0.1) is 0 Å². The van der Waals surface area contributed by atoms with E-state index >= 15 is 0 Å². The highest BCUT2D eigenvalue weighted by molar-refractivity contribution is 6.23. The molecule has 1 aromatic rings. The molecule has 0 spiro atoms. The first-order valence-electron chi connectivity index (χ1n) is 8.03. The summed E-state index contributed by atoms with van der Waals surface area (Å²) in [5.41, 5.74) is 6.03. The summed E-state index contributed by atoms with van der Waals surface area (Å²) in [6, 6.07) is 2.42. The highest BCUT2D eigenvalue weighted by atomic mass is 16.3. The molecule has 1 aliphatic carbocycles. The molecule has 1 saturated carbocycles. The van der Waals surface area contributed by atoms with Gasteiger partial charge in [0.1, 0.15) is 5.76 Å². The number of furan rings is 1. The number of barbiturate groups is 1. The van der Waals surface area contributed by atoms with Crippen LogP contribution < -0.4 is 11.1 Å². The van der Waals surface area contributed by atoms with Crippen molar-refractivity contribution in [1.29, 1.82) is 0 Å². The molecule has 3 N–H and O–H groups in total. The highest BCUT2D eigenvalue weighted by Crippen LogP contribution is 2.20. The molecule has 1 aliphatic heterocycles. The predicted molar refractivity (Wildman–Crippen MR) is 85.0 cm³/mol. The van der Waals surface area contributed by atoms with Gasteiger partial charge in [-0.05, 0) is 25.0 Å². The van der Waals surface area contributed by atoms with Gasteiger partial charge in [0, 0.05) is 12.3 Å². The van der Waals surface area contributed by atoms with Crippen LogP contribution in [0.5, 0.6) is 0 Å². The van der Waals surface area contributed by atoms with E-state index in [1.54, 1.807) is 12.1 Å². The van der Waals surface area contributed by atoms with Crippen LogP contribution in [-0.2, 0) is 16.1 Å². The van der Waals surface area contributed by atoms with E-state index in [-0.39, 0.29) is 18.6 Å². The lowest BCUT2D eigenvalue weighted by Crippen LogP contribution is -2.58. The molecule has 3 atom stereocenters. The number of rotatable bonds is 4. The van der Waals surface area contributed by atoms with Gasteiger partial charge in [-0.25, -0.2) is 4.79 Å². The van der Waals surface area contributed by atoms with Crippen molar-refractivity contribution in [1.82, 2.24) is 10.2 Å². The maximum absolute atomic E-state index is 12.5. The summed E-state index contributed by atoms with van der Waals surface area (Å²) in [6.45, 7) is -0.0295. The molecule has 1 saturated heterocycles. The highest BCUT2D eigenvalue weighted by Gasteiger charge is 2.40. The van der Waals surface area contributed by atoms with Crippen LogP contribution in [0.15, 0.2) is 27.8 Å². The Hall–Kier alpha value is -2.48. The lowest BCUT2D eigenvalue weighted by molar-refractivity contribution is -0.139. The predicted octanol–water partition coefficient (Wildman–Crippen LogP) is 0.815. The monoisotopic (exact) mass is 332 g/mol. The third-order valence-electron chi connectivity index (χ3n) is 4.39. The quantitative estimate of drug-likeness (QED) is 0.625. The Morgan fingerprint density at radius 2 is 2.12 bits per heavy atom. The van der Waals surface area contributed by atoms with Crippen molar-refractivity contribution in [2.45, 2.75) is 44.3 Å². The first-order valence-corrected chi connectivity index (χ1v) is 8.03. The number of amides is 4. The molecule has 2 aliphatic rings. The zero-order valence-corrected chi connectivity index (χ0v) is 13.2. The number of aliphatic imine (C=N–C) groups is 1. The molecule has 2 fully saturated rings. The molecule has 3 rings (SSSR count). The van der Waals surface area contributed by atoms with Crippen LogP contribution in [0.4, 0.5) is 4.79 Å². The molecular formula is C16H20N4O4. The number of imide groups is 2. The van der Waals surface area contributed by atoms with Crippen LogP contribution in [0.2, 0.25) is 0 Å². The van der Waals surface area contributed by atoms with Gasteiger partial charge in [0.25, 0.3) is 0 Å². The number of hydrogen-bond donors (Lipinski definition) is 2. The maximum atomic E-state index is 12.5. The first-order chi connectivity index (χ1) is 11.6. The standard InChI is InChI=1S/C16H20N4O4/c17-12-5-1-2-6-13(12)18-8-11-14(21)19-16(23)20(15(11)22)9-10-4-3-7-24-10/h3-4,7-8,11-13H,1-2,5-6,9,17H2,(H,19,21,23)/t11-,12-,13+/m1/s1. The normalized spacial score (nSPS) is 28.5. The molecule has 1 aromatic heterocycles. The Balaban J connectivity index is 1.72. The van der Waals surface area contributed by atoms with Gasteiger partial charge in [-0.3, -0.25) is 24.8 Å². The average Bonchev–Trinajstić information content (AvgIpc) is 3.06. The number of nitrogens with zero attached hydrogens (tertiary/aromatic N) is 2. The second-order valence-corrected chi connectivity index (χ2v) is 6.09. The summed E-state index contributed by atoms with van der Waals surface area (Å²) in [6.07, 6.45) is 6.61. The summed E-state index contributed by atoms with van der Waals surface area (Å²) in [5, 5.41) is 2.18. The smallest absolute Gasteiger partial charge is 0.331 e. The van der Waals surface area contributed by atoms with E-state index in [2.05, 4.69) is 10.3 Å². The van der Waals surface area contributed by atoms with Crippen molar-refractivity contribution in [2.75, 3.05) is 0 Å². The van der Waals surface area contributed by atoms with Gasteiger partial charge in [-0.2, -0.15) is 0 Å². The van der Waals surface area contributed by atoms with Crippen LogP contribution in [0.1, 0.15) is 31.4 Å². The lowest BCUT2D eigenvalue weighted by Gasteiger charge is -2.29. The minimum absolute atomic E-state index is 0.0295. The van der Waals surface area contributed by atoms with E-state index in [0.717, 1.165) is 30.6 Å². The van der Waals surface area contributed by atoms with Gasteiger partial charge < -0.3 is 10.2 Å². The Labute approximate surface area is 139 Å². The Morgan fingerprint density at radius 3 is 2.83 bits per heavy atom. The number of nitrogens with two attached hydrogens (primary N) is 1. The molecule has 4 amide bonds. The van der Waals surface area contributed by atoms with Crippen molar-refractivity contribution >= 4 is 24.1 Å². The summed E-state index contributed by atoms with van der Waals surface area (Å²) < 4.78 is 5.16. The van der Waals surface area contributed by atoms with E-state index in [0.29, 0.717) is 5.76 Å². The van der Waals surface area contributed by atoms with Gasteiger partial charge >= 0.3 is 6.03 Å². The van der Waals surface area contributed by atoms with Gasteiger partial charge in [0.2, 0.25) is 11.8 Å². The number of hydrogen-bond acceptors (Lipinski definition) is 6. The molecule has 24 heavy (non-hydrogen) atoms. The second-order valence-electron chi connectivity index (χ2n) is 6.09. The van der Waals surface area contributed by atoms with E-state index in [1.165, 1.54) is 12.5 Å². The fraction of sp³-hybridized carbons (Fsp3) is 0.500. The van der Waals surface area contributed by atoms with Crippen molar-refractivity contribution in [2.24, 2.45) is 16.6 Å². The van der Waals surface area contributed by atoms with Crippen LogP contribution >= 0.6 is 0 Å². The first kappa shape index (κ1) is 16.4. The van der Waals surface area contributed by atoms with E-state index in [4.69, 9.17) is 10.2 Å². The molecular weight excluding hydrogens is 312 g/mol. The van der Waals surface area contributed by atoms with Crippen molar-refractivity contribution < 1.29 is 18.8 Å². The summed E-state index contributed by atoms with van der Waals surface area (Å²) in [4.78, 5) is 41.7. The molecule has 8 nitrogen and oxygen atoms in total. The lowest BCUT2D eigenvalue weighted by atomic mass is 9.91. The van der Waals surface area contributed by atoms with Gasteiger partial charge in [0.05, 0.1) is 18.8 Å². The van der Waals surface area contributed by atoms with Gasteiger partial charge in [-0.1, -0.05) is 12.8 Å². The molecule has 0 aromatic carbocycles. The Morgan fingerprint density at radius 1 is 1.33 bits per heavy atom. The summed E-state index contributed by atoms with van der Waals surface area (Å²) in [7, 11) is 0. The number of urea groups is 1. The minimum atomic E-state index is -1.12.